The van der Waals surface area contributed by atoms with Crippen molar-refractivity contribution in [2.75, 3.05) is 18.5 Å². The van der Waals surface area contributed by atoms with Gasteiger partial charge in [0.25, 0.3) is 11.8 Å². The summed E-state index contributed by atoms with van der Waals surface area (Å²) >= 11 is 6.04. The number of ether oxygens (including phenoxy) is 1. The molecule has 4 rings (SSSR count). The number of hydrogen-bond acceptors (Lipinski definition) is 6. The fourth-order valence-corrected chi connectivity index (χ4v) is 5.27. The van der Waals surface area contributed by atoms with Crippen molar-refractivity contribution in [3.8, 4) is 5.75 Å². The normalized spacial score (nSPS) is 11.4. The van der Waals surface area contributed by atoms with Crippen LogP contribution in [0.4, 0.5) is 5.69 Å². The number of para-hydroxylation sites is 1. The molecule has 9 nitrogen and oxygen atoms in total. The zero-order valence-corrected chi connectivity index (χ0v) is 23.4. The van der Waals surface area contributed by atoms with Crippen LogP contribution in [-0.4, -0.2) is 43.9 Å². The zero-order valence-electron chi connectivity index (χ0n) is 21.8. The number of sulfonamides is 1. The fourth-order valence-electron chi connectivity index (χ4n) is 3.68. The van der Waals surface area contributed by atoms with Crippen molar-refractivity contribution in [1.82, 2.24) is 9.73 Å². The van der Waals surface area contributed by atoms with E-state index in [4.69, 9.17) is 16.3 Å². The first-order valence-electron chi connectivity index (χ1n) is 12.5. The Morgan fingerprint density at radius 1 is 0.829 bits per heavy atom. The lowest BCUT2D eigenvalue weighted by Gasteiger charge is -2.21. The molecule has 0 unspecified atom stereocenters. The van der Waals surface area contributed by atoms with Gasteiger partial charge in [0, 0.05) is 6.54 Å². The molecule has 0 saturated heterocycles. The minimum atomic E-state index is -3.94. The summed E-state index contributed by atoms with van der Waals surface area (Å²) in [5.74, 6) is -0.494. The highest BCUT2D eigenvalue weighted by atomic mass is 35.5. The topological polar surface area (TPSA) is 117 Å². The van der Waals surface area contributed by atoms with Crippen LogP contribution >= 0.6 is 11.6 Å². The number of hydrazone groups is 1. The Morgan fingerprint density at radius 3 is 2.15 bits per heavy atom. The van der Waals surface area contributed by atoms with Crippen molar-refractivity contribution in [2.24, 2.45) is 5.10 Å². The molecule has 0 aliphatic rings. The predicted octanol–water partition coefficient (Wildman–Crippen LogP) is 4.70. The third-order valence-corrected chi connectivity index (χ3v) is 7.84. The smallest absolute Gasteiger partial charge is 0.262 e. The molecular weight excluding hydrogens is 564 g/mol. The SMILES string of the molecule is O=C(CN(Cc1ccccc1)S(=O)(=O)c1ccccc1)N/N=C\c1ccc(OCC(=O)Nc2ccccc2Cl)cc1. The van der Waals surface area contributed by atoms with Gasteiger partial charge in [-0.2, -0.15) is 9.41 Å². The van der Waals surface area contributed by atoms with Crippen LogP contribution < -0.4 is 15.5 Å². The number of amides is 2. The van der Waals surface area contributed by atoms with E-state index in [9.17, 15) is 18.0 Å². The number of nitrogens with one attached hydrogen (secondary N) is 2. The Bertz CT molecular complexity index is 1600. The lowest BCUT2D eigenvalue weighted by Crippen LogP contribution is -2.39. The summed E-state index contributed by atoms with van der Waals surface area (Å²) in [5.41, 5.74) is 4.27. The number of benzene rings is 4. The van der Waals surface area contributed by atoms with Crippen LogP contribution in [0.25, 0.3) is 0 Å². The number of nitrogens with zero attached hydrogens (tertiary/aromatic N) is 2. The molecule has 0 fully saturated rings. The van der Waals surface area contributed by atoms with Gasteiger partial charge < -0.3 is 10.1 Å². The van der Waals surface area contributed by atoms with E-state index in [2.05, 4.69) is 15.8 Å². The van der Waals surface area contributed by atoms with Gasteiger partial charge in [-0.3, -0.25) is 9.59 Å². The Kier molecular flexibility index (Phi) is 10.2. The second kappa shape index (κ2) is 14.2. The molecule has 41 heavy (non-hydrogen) atoms. The maximum Gasteiger partial charge on any atom is 0.262 e. The Balaban J connectivity index is 1.31. The largest absolute Gasteiger partial charge is 0.484 e. The molecule has 0 aliphatic carbocycles. The maximum atomic E-state index is 13.3. The van der Waals surface area contributed by atoms with Crippen molar-refractivity contribution in [2.45, 2.75) is 11.4 Å². The van der Waals surface area contributed by atoms with Crippen LogP contribution in [0, 0.1) is 0 Å². The van der Waals surface area contributed by atoms with Crippen LogP contribution in [0.1, 0.15) is 11.1 Å². The number of rotatable bonds is 12. The highest BCUT2D eigenvalue weighted by Crippen LogP contribution is 2.21. The highest BCUT2D eigenvalue weighted by molar-refractivity contribution is 7.89. The van der Waals surface area contributed by atoms with Crippen molar-refractivity contribution in [3.05, 3.63) is 125 Å². The van der Waals surface area contributed by atoms with E-state index in [0.717, 1.165) is 9.87 Å². The van der Waals surface area contributed by atoms with Gasteiger partial charge in [-0.15, -0.1) is 0 Å². The molecule has 4 aromatic carbocycles. The van der Waals surface area contributed by atoms with Crippen LogP contribution in [0.15, 0.2) is 119 Å². The van der Waals surface area contributed by atoms with E-state index < -0.39 is 22.5 Å². The van der Waals surface area contributed by atoms with Crippen molar-refractivity contribution in [3.63, 3.8) is 0 Å². The van der Waals surface area contributed by atoms with Gasteiger partial charge in [-0.05, 0) is 59.7 Å². The van der Waals surface area contributed by atoms with Crippen molar-refractivity contribution >= 4 is 45.3 Å². The van der Waals surface area contributed by atoms with Gasteiger partial charge in [0.2, 0.25) is 10.0 Å². The lowest BCUT2D eigenvalue weighted by molar-refractivity contribution is -0.121. The molecule has 0 spiro atoms. The summed E-state index contributed by atoms with van der Waals surface area (Å²) in [6, 6.07) is 30.6. The minimum Gasteiger partial charge on any atom is -0.484 e. The maximum absolute atomic E-state index is 13.3. The second-order valence-corrected chi connectivity index (χ2v) is 11.1. The quantitative estimate of drug-likeness (QED) is 0.183. The van der Waals surface area contributed by atoms with Crippen LogP contribution in [0.5, 0.6) is 5.75 Å². The first kappa shape index (κ1) is 29.5. The van der Waals surface area contributed by atoms with E-state index in [1.54, 1.807) is 91.0 Å². The van der Waals surface area contributed by atoms with Gasteiger partial charge in [0.15, 0.2) is 6.61 Å². The Morgan fingerprint density at radius 2 is 1.46 bits per heavy atom. The van der Waals surface area contributed by atoms with Crippen LogP contribution in [-0.2, 0) is 26.2 Å². The average Bonchev–Trinajstić information content (AvgIpc) is 2.98. The Hall–Kier alpha value is -4.51. The molecule has 0 aliphatic heterocycles. The zero-order chi connectivity index (χ0) is 29.1. The molecule has 0 saturated carbocycles. The summed E-state index contributed by atoms with van der Waals surface area (Å²) < 4.78 is 33.1. The summed E-state index contributed by atoms with van der Waals surface area (Å²) in [6.07, 6.45) is 1.42. The molecule has 0 heterocycles. The molecular formula is C30H27ClN4O5S. The van der Waals surface area contributed by atoms with Gasteiger partial charge in [-0.25, -0.2) is 13.8 Å². The third-order valence-electron chi connectivity index (χ3n) is 5.70. The molecule has 0 aromatic heterocycles. The first-order valence-corrected chi connectivity index (χ1v) is 14.3. The lowest BCUT2D eigenvalue weighted by atomic mass is 10.2. The molecule has 11 heteroatoms. The molecule has 0 bridgehead atoms. The molecule has 210 valence electrons. The minimum absolute atomic E-state index is 0.0209. The van der Waals surface area contributed by atoms with Crippen molar-refractivity contribution < 1.29 is 22.7 Å². The monoisotopic (exact) mass is 590 g/mol. The van der Waals surface area contributed by atoms with E-state index in [1.165, 1.54) is 18.3 Å². The number of anilines is 1. The predicted molar refractivity (Wildman–Crippen MR) is 158 cm³/mol. The van der Waals surface area contributed by atoms with E-state index in [1.807, 2.05) is 6.07 Å². The molecule has 2 N–H and O–H groups in total. The number of carbonyl (C=O) groups excluding carboxylic acids is 2. The highest BCUT2D eigenvalue weighted by Gasteiger charge is 2.26. The molecule has 0 atom stereocenters. The second-order valence-electron chi connectivity index (χ2n) is 8.75. The number of hydrogen-bond donors (Lipinski definition) is 2. The molecule has 4 aromatic rings. The van der Waals surface area contributed by atoms with Gasteiger partial charge in [0.1, 0.15) is 5.75 Å². The number of halogens is 1. The number of carbonyl (C=O) groups is 2. The summed E-state index contributed by atoms with van der Waals surface area (Å²) in [7, 11) is -3.94. The van der Waals surface area contributed by atoms with E-state index in [0.29, 0.717) is 22.0 Å². The summed E-state index contributed by atoms with van der Waals surface area (Å²) in [5, 5.41) is 7.06. The molecule has 2 amide bonds. The van der Waals surface area contributed by atoms with Gasteiger partial charge in [0.05, 0.1) is 28.4 Å². The third kappa shape index (κ3) is 8.74. The average molecular weight is 591 g/mol. The van der Waals surface area contributed by atoms with Crippen molar-refractivity contribution in [1.29, 1.82) is 0 Å². The summed E-state index contributed by atoms with van der Waals surface area (Å²) in [6.45, 7) is -0.611. The van der Waals surface area contributed by atoms with Gasteiger partial charge >= 0.3 is 0 Å². The van der Waals surface area contributed by atoms with E-state index in [-0.39, 0.29) is 24.0 Å². The Labute approximate surface area is 243 Å². The van der Waals surface area contributed by atoms with Crippen LogP contribution in [0.3, 0.4) is 0 Å². The fraction of sp³-hybridized carbons (Fsp3) is 0.100. The standard InChI is InChI=1S/C30H27ClN4O5S/c31-27-13-7-8-14-28(27)33-30(37)22-40-25-17-15-23(16-18-25)19-32-34-29(36)21-35(20-24-9-3-1-4-10-24)41(38,39)26-11-5-2-6-12-26/h1-19H,20-22H2,(H,33,37)(H,34,36)/b32-19-. The van der Waals surface area contributed by atoms with Gasteiger partial charge in [-0.1, -0.05) is 72.3 Å². The van der Waals surface area contributed by atoms with Crippen LogP contribution in [0.2, 0.25) is 5.02 Å². The first-order chi connectivity index (χ1) is 19.8. The summed E-state index contributed by atoms with van der Waals surface area (Å²) in [4.78, 5) is 24.9. The van der Waals surface area contributed by atoms with E-state index >= 15 is 0 Å². The molecule has 0 radical (unpaired) electrons.